The number of amidine groups is 1. The number of carbonyl (C=O) groups excluding carboxylic acids is 2. The Morgan fingerprint density at radius 3 is 2.95 bits per heavy atom. The van der Waals surface area contributed by atoms with E-state index < -0.39 is 35.0 Å². The lowest BCUT2D eigenvalue weighted by atomic mass is 9.80. The molecule has 3 atom stereocenters. The van der Waals surface area contributed by atoms with E-state index in [4.69, 9.17) is 9.73 Å². The third-order valence-electron chi connectivity index (χ3n) is 7.14. The van der Waals surface area contributed by atoms with Gasteiger partial charge in [-0.1, -0.05) is 12.1 Å². The first-order valence-electron chi connectivity index (χ1n) is 12.0. The molecule has 0 radical (unpaired) electrons. The minimum atomic E-state index is -2.36. The standard InChI is InChI=1S/C25H27F2N5O4S/c1-3-36-22(33)18-17(11-32-9-7-25(27)23(34)29-12-24(25,35)13-32)30-20(21-28-8-10-37-21)31-19(18)15-5-4-6-16(26)14(15)2/h4-6,8,10,19,35H,3,7,9,11-13H2,1-2H3,(H,29,34)(H,30,31)/t19-,24+,25+/m0/s1. The summed E-state index contributed by atoms with van der Waals surface area (Å²) in [6.45, 7) is 3.38. The van der Waals surface area contributed by atoms with Crippen LogP contribution < -0.4 is 10.6 Å². The highest BCUT2D eigenvalue weighted by Gasteiger charge is 2.63. The second-order valence-corrected chi connectivity index (χ2v) is 10.3. The van der Waals surface area contributed by atoms with Crippen LogP contribution in [0.25, 0.3) is 0 Å². The van der Waals surface area contributed by atoms with Gasteiger partial charge in [-0.2, -0.15) is 0 Å². The fourth-order valence-corrected chi connectivity index (χ4v) is 5.72. The Hall–Kier alpha value is -3.22. The summed E-state index contributed by atoms with van der Waals surface area (Å²) in [5.74, 6) is -1.45. The van der Waals surface area contributed by atoms with E-state index >= 15 is 4.39 Å². The van der Waals surface area contributed by atoms with Crippen molar-refractivity contribution in [3.05, 3.63) is 63.0 Å². The third kappa shape index (κ3) is 4.32. The topological polar surface area (TPSA) is 116 Å². The summed E-state index contributed by atoms with van der Waals surface area (Å²) in [6.07, 6.45) is 1.43. The molecule has 1 aromatic carbocycles. The van der Waals surface area contributed by atoms with E-state index in [1.165, 1.54) is 17.4 Å². The van der Waals surface area contributed by atoms with Crippen LogP contribution in [0.1, 0.15) is 35.5 Å². The largest absolute Gasteiger partial charge is 0.463 e. The zero-order valence-electron chi connectivity index (χ0n) is 20.4. The predicted molar refractivity (Wildman–Crippen MR) is 132 cm³/mol. The number of aromatic nitrogens is 1. The van der Waals surface area contributed by atoms with E-state index in [9.17, 15) is 19.1 Å². The molecule has 0 aliphatic carbocycles. The number of nitrogens with one attached hydrogen (secondary N) is 2. The van der Waals surface area contributed by atoms with Crippen LogP contribution in [-0.2, 0) is 14.3 Å². The molecule has 1 aromatic heterocycles. The van der Waals surface area contributed by atoms with Gasteiger partial charge in [0.2, 0.25) is 5.67 Å². The molecule has 2 aromatic rings. The summed E-state index contributed by atoms with van der Waals surface area (Å²) < 4.78 is 35.3. The fraction of sp³-hybridized carbons (Fsp3) is 0.440. The Labute approximate surface area is 216 Å². The number of thiazole rings is 1. The molecule has 1 amide bonds. The van der Waals surface area contributed by atoms with Crippen molar-refractivity contribution < 1.29 is 28.2 Å². The third-order valence-corrected chi connectivity index (χ3v) is 7.92. The predicted octanol–water partition coefficient (Wildman–Crippen LogP) is 1.77. The van der Waals surface area contributed by atoms with Gasteiger partial charge in [0.1, 0.15) is 17.5 Å². The van der Waals surface area contributed by atoms with Gasteiger partial charge in [0.15, 0.2) is 10.8 Å². The average Bonchev–Trinajstić information content (AvgIpc) is 3.48. The maximum absolute atomic E-state index is 15.4. The summed E-state index contributed by atoms with van der Waals surface area (Å²) in [5.41, 5.74) is -2.78. The molecule has 3 aliphatic heterocycles. The van der Waals surface area contributed by atoms with Crippen molar-refractivity contribution in [2.45, 2.75) is 37.6 Å². The lowest BCUT2D eigenvalue weighted by molar-refractivity contribution is -0.152. The van der Waals surface area contributed by atoms with Crippen LogP contribution >= 0.6 is 11.3 Å². The van der Waals surface area contributed by atoms with Crippen LogP contribution in [0.4, 0.5) is 8.78 Å². The molecule has 3 N–H and O–H groups in total. The van der Waals surface area contributed by atoms with Crippen molar-refractivity contribution in [1.29, 1.82) is 0 Å². The number of hydrogen-bond acceptors (Lipinski definition) is 9. The Morgan fingerprint density at radius 2 is 2.22 bits per heavy atom. The number of benzene rings is 1. The first kappa shape index (κ1) is 25.4. The van der Waals surface area contributed by atoms with Gasteiger partial charge in [-0.15, -0.1) is 11.3 Å². The molecular weight excluding hydrogens is 504 g/mol. The van der Waals surface area contributed by atoms with Gasteiger partial charge < -0.3 is 20.5 Å². The van der Waals surface area contributed by atoms with Crippen LogP contribution in [0.3, 0.4) is 0 Å². The van der Waals surface area contributed by atoms with Gasteiger partial charge in [0.05, 0.1) is 18.7 Å². The lowest BCUT2D eigenvalue weighted by Gasteiger charge is -2.43. The van der Waals surface area contributed by atoms with E-state index in [-0.39, 0.29) is 44.8 Å². The number of β-amino-alcohol motifs (C(OH)–C–C–N with tert-alkyl or cyclic N) is 1. The number of esters is 1. The van der Waals surface area contributed by atoms with Crippen molar-refractivity contribution in [1.82, 2.24) is 20.5 Å². The van der Waals surface area contributed by atoms with Crippen LogP contribution in [-0.4, -0.2) is 76.8 Å². The molecule has 2 fully saturated rings. The molecule has 12 heteroatoms. The number of piperidine rings is 1. The Morgan fingerprint density at radius 1 is 1.41 bits per heavy atom. The van der Waals surface area contributed by atoms with Crippen molar-refractivity contribution in [3.63, 3.8) is 0 Å². The molecule has 4 heterocycles. The van der Waals surface area contributed by atoms with Crippen molar-refractivity contribution in [2.24, 2.45) is 4.99 Å². The quantitative estimate of drug-likeness (QED) is 0.487. The molecule has 196 valence electrons. The lowest BCUT2D eigenvalue weighted by Crippen LogP contribution is -2.63. The fourth-order valence-electron chi connectivity index (χ4n) is 5.13. The van der Waals surface area contributed by atoms with E-state index in [2.05, 4.69) is 15.6 Å². The number of hydrogen-bond donors (Lipinski definition) is 3. The summed E-state index contributed by atoms with van der Waals surface area (Å²) >= 11 is 1.35. The zero-order valence-corrected chi connectivity index (χ0v) is 21.2. The number of aliphatic imine (C=N–C) groups is 1. The Balaban J connectivity index is 1.57. The monoisotopic (exact) mass is 531 g/mol. The average molecular weight is 532 g/mol. The molecular formula is C25H27F2N5O4S. The van der Waals surface area contributed by atoms with Crippen molar-refractivity contribution in [2.75, 3.05) is 32.8 Å². The van der Waals surface area contributed by atoms with Crippen LogP contribution in [0.2, 0.25) is 0 Å². The second-order valence-electron chi connectivity index (χ2n) is 9.39. The highest BCUT2D eigenvalue weighted by Crippen LogP contribution is 2.40. The second kappa shape index (κ2) is 9.58. The highest BCUT2D eigenvalue weighted by atomic mass is 32.1. The minimum absolute atomic E-state index is 0.107. The van der Waals surface area contributed by atoms with Gasteiger partial charge in [-0.3, -0.25) is 14.7 Å². The summed E-state index contributed by atoms with van der Waals surface area (Å²) in [6, 6.07) is 3.73. The van der Waals surface area contributed by atoms with Gasteiger partial charge in [-0.05, 0) is 31.0 Å². The molecule has 0 bridgehead atoms. The van der Waals surface area contributed by atoms with Crippen molar-refractivity contribution in [3.8, 4) is 0 Å². The number of aliphatic hydroxyl groups is 1. The molecule has 37 heavy (non-hydrogen) atoms. The molecule has 0 saturated carbocycles. The zero-order chi connectivity index (χ0) is 26.4. The van der Waals surface area contributed by atoms with E-state index in [0.717, 1.165) is 0 Å². The number of halogens is 2. The number of amides is 1. The van der Waals surface area contributed by atoms with Gasteiger partial charge >= 0.3 is 5.97 Å². The number of alkyl halides is 1. The molecule has 0 unspecified atom stereocenters. The number of rotatable bonds is 6. The number of fused-ring (bicyclic) bond motifs is 1. The summed E-state index contributed by atoms with van der Waals surface area (Å²) in [5, 5.41) is 19.0. The van der Waals surface area contributed by atoms with Gasteiger partial charge in [0.25, 0.3) is 5.91 Å². The van der Waals surface area contributed by atoms with Crippen LogP contribution in [0, 0.1) is 12.7 Å². The molecule has 3 aliphatic rings. The Bertz CT molecular complexity index is 1300. The Kier molecular flexibility index (Phi) is 6.59. The summed E-state index contributed by atoms with van der Waals surface area (Å²) in [7, 11) is 0. The van der Waals surface area contributed by atoms with E-state index in [1.807, 2.05) is 0 Å². The molecule has 0 spiro atoms. The number of nitrogens with zero attached hydrogens (tertiary/aromatic N) is 3. The van der Waals surface area contributed by atoms with Crippen molar-refractivity contribution >= 4 is 29.0 Å². The summed E-state index contributed by atoms with van der Waals surface area (Å²) in [4.78, 5) is 36.2. The SMILES string of the molecule is CCOC(=O)C1=C(CN2CC[C@@]3(F)C(=O)NC[C@@]3(O)C2)NC(c2nccs2)=N[C@H]1c1cccc(F)c1C. The van der Waals surface area contributed by atoms with Crippen LogP contribution in [0.5, 0.6) is 0 Å². The first-order valence-corrected chi connectivity index (χ1v) is 12.9. The smallest absolute Gasteiger partial charge is 0.338 e. The normalized spacial score (nSPS) is 27.9. The first-order chi connectivity index (χ1) is 17.7. The maximum atomic E-state index is 15.4. The van der Waals surface area contributed by atoms with Crippen LogP contribution in [0.15, 0.2) is 46.0 Å². The number of carbonyl (C=O) groups is 2. The maximum Gasteiger partial charge on any atom is 0.338 e. The van der Waals surface area contributed by atoms with Gasteiger partial charge in [0, 0.05) is 43.3 Å². The number of ether oxygens (including phenoxy) is 1. The van der Waals surface area contributed by atoms with E-state index in [1.54, 1.807) is 42.5 Å². The highest BCUT2D eigenvalue weighted by molar-refractivity contribution is 7.11. The molecule has 5 rings (SSSR count). The van der Waals surface area contributed by atoms with E-state index in [0.29, 0.717) is 27.7 Å². The number of likely N-dealkylation sites (tertiary alicyclic amines) is 1. The van der Waals surface area contributed by atoms with Gasteiger partial charge in [-0.25, -0.2) is 18.6 Å². The minimum Gasteiger partial charge on any atom is -0.463 e. The molecule has 2 saturated heterocycles. The molecule has 9 nitrogen and oxygen atoms in total.